The van der Waals surface area contributed by atoms with Crippen LogP contribution in [0.3, 0.4) is 0 Å². The van der Waals surface area contributed by atoms with Crippen molar-refractivity contribution in [2.24, 2.45) is 0 Å². The number of rotatable bonds is 0. The van der Waals surface area contributed by atoms with E-state index < -0.39 is 0 Å². The lowest BCUT2D eigenvalue weighted by atomic mass is 10.4. The standard InChI is InChI=1S/C5H6N2O2/c1-4-5(8)2-3-7(9)6-4/h2-3,9H,1H3. The lowest BCUT2D eigenvalue weighted by Gasteiger charge is -1.92. The van der Waals surface area contributed by atoms with Crippen LogP contribution in [0.25, 0.3) is 0 Å². The molecule has 0 aliphatic carbocycles. The van der Waals surface area contributed by atoms with Gasteiger partial charge < -0.3 is 5.21 Å². The maximum absolute atomic E-state index is 10.6. The highest BCUT2D eigenvalue weighted by Gasteiger charge is 1.91. The zero-order valence-corrected chi connectivity index (χ0v) is 4.90. The molecule has 1 aromatic heterocycles. The van der Waals surface area contributed by atoms with Crippen LogP contribution >= 0.6 is 0 Å². The van der Waals surface area contributed by atoms with Gasteiger partial charge >= 0.3 is 0 Å². The van der Waals surface area contributed by atoms with Gasteiger partial charge in [0.15, 0.2) is 0 Å². The van der Waals surface area contributed by atoms with E-state index in [1.807, 2.05) is 0 Å². The van der Waals surface area contributed by atoms with Crippen LogP contribution in [0.5, 0.6) is 0 Å². The van der Waals surface area contributed by atoms with Gasteiger partial charge in [-0.25, -0.2) is 0 Å². The number of aryl methyl sites for hydroxylation is 1. The summed E-state index contributed by atoms with van der Waals surface area (Å²) in [5.74, 6) is 0. The maximum Gasteiger partial charge on any atom is 0.203 e. The number of aromatic nitrogens is 2. The topological polar surface area (TPSA) is 55.1 Å². The van der Waals surface area contributed by atoms with Gasteiger partial charge in [0.1, 0.15) is 5.69 Å². The second kappa shape index (κ2) is 1.89. The van der Waals surface area contributed by atoms with E-state index >= 15 is 0 Å². The molecular formula is C5H6N2O2. The molecular weight excluding hydrogens is 120 g/mol. The van der Waals surface area contributed by atoms with Gasteiger partial charge in [-0.05, 0) is 6.92 Å². The first-order valence-corrected chi connectivity index (χ1v) is 2.46. The predicted molar refractivity (Wildman–Crippen MR) is 30.4 cm³/mol. The average molecular weight is 126 g/mol. The summed E-state index contributed by atoms with van der Waals surface area (Å²) in [4.78, 5) is 11.2. The van der Waals surface area contributed by atoms with E-state index in [1.54, 1.807) is 0 Å². The summed E-state index contributed by atoms with van der Waals surface area (Å²) >= 11 is 0. The molecule has 0 spiro atoms. The van der Waals surface area contributed by atoms with Crippen LogP contribution in [-0.2, 0) is 0 Å². The fourth-order valence-electron chi connectivity index (χ4n) is 0.491. The van der Waals surface area contributed by atoms with Crippen molar-refractivity contribution in [2.45, 2.75) is 6.92 Å². The van der Waals surface area contributed by atoms with E-state index in [2.05, 4.69) is 5.10 Å². The maximum atomic E-state index is 10.6. The van der Waals surface area contributed by atoms with E-state index in [0.29, 0.717) is 10.5 Å². The molecule has 9 heavy (non-hydrogen) atoms. The summed E-state index contributed by atoms with van der Waals surface area (Å²) in [5, 5.41) is 12.0. The Kier molecular flexibility index (Phi) is 1.22. The van der Waals surface area contributed by atoms with Crippen LogP contribution < -0.4 is 5.43 Å². The minimum atomic E-state index is -0.166. The molecule has 0 aliphatic heterocycles. The third-order valence-electron chi connectivity index (χ3n) is 0.968. The SMILES string of the molecule is Cc1nn(O)ccc1=O. The molecule has 0 fully saturated rings. The molecule has 0 saturated heterocycles. The number of hydrogen-bond donors (Lipinski definition) is 1. The van der Waals surface area contributed by atoms with Gasteiger partial charge in [0.2, 0.25) is 5.43 Å². The second-order valence-electron chi connectivity index (χ2n) is 1.69. The van der Waals surface area contributed by atoms with Crippen molar-refractivity contribution in [3.63, 3.8) is 0 Å². The second-order valence-corrected chi connectivity index (χ2v) is 1.69. The van der Waals surface area contributed by atoms with Gasteiger partial charge in [0.05, 0.1) is 6.20 Å². The van der Waals surface area contributed by atoms with Crippen molar-refractivity contribution in [3.05, 3.63) is 28.2 Å². The molecule has 0 atom stereocenters. The van der Waals surface area contributed by atoms with Crippen LogP contribution in [-0.4, -0.2) is 15.2 Å². The molecule has 0 bridgehead atoms. The normalized spacial score (nSPS) is 9.44. The van der Waals surface area contributed by atoms with Crippen LogP contribution in [0.2, 0.25) is 0 Å². The lowest BCUT2D eigenvalue weighted by Crippen LogP contribution is -2.11. The van der Waals surface area contributed by atoms with Gasteiger partial charge in [0, 0.05) is 6.07 Å². The van der Waals surface area contributed by atoms with Gasteiger partial charge in [-0.15, -0.1) is 9.94 Å². The van der Waals surface area contributed by atoms with Crippen molar-refractivity contribution in [1.29, 1.82) is 0 Å². The smallest absolute Gasteiger partial charge is 0.203 e. The Bertz CT molecular complexity index is 266. The van der Waals surface area contributed by atoms with Crippen LogP contribution in [0, 0.1) is 6.92 Å². The largest absolute Gasteiger partial charge is 0.412 e. The van der Waals surface area contributed by atoms with Crippen LogP contribution in [0.15, 0.2) is 17.1 Å². The first-order valence-electron chi connectivity index (χ1n) is 2.46. The molecule has 1 heterocycles. The molecule has 1 aromatic rings. The minimum Gasteiger partial charge on any atom is -0.412 e. The van der Waals surface area contributed by atoms with E-state index in [-0.39, 0.29) is 5.43 Å². The Labute approximate surface area is 51.3 Å². The summed E-state index contributed by atoms with van der Waals surface area (Å²) in [6.45, 7) is 1.54. The molecule has 4 heteroatoms. The lowest BCUT2D eigenvalue weighted by molar-refractivity contribution is 0.142. The van der Waals surface area contributed by atoms with Crippen molar-refractivity contribution in [3.8, 4) is 0 Å². The monoisotopic (exact) mass is 126 g/mol. The molecule has 1 N–H and O–H groups in total. The summed E-state index contributed by atoms with van der Waals surface area (Å²) < 4.78 is 0. The van der Waals surface area contributed by atoms with Gasteiger partial charge in [0.25, 0.3) is 0 Å². The van der Waals surface area contributed by atoms with Gasteiger partial charge in [-0.1, -0.05) is 0 Å². The van der Waals surface area contributed by atoms with Gasteiger partial charge in [-0.2, -0.15) is 0 Å². The highest BCUT2D eigenvalue weighted by molar-refractivity contribution is 4.96. The molecule has 0 radical (unpaired) electrons. The molecule has 4 nitrogen and oxygen atoms in total. The summed E-state index contributed by atoms with van der Waals surface area (Å²) in [6.07, 6.45) is 1.19. The van der Waals surface area contributed by atoms with E-state index in [9.17, 15) is 4.79 Å². The average Bonchev–Trinajstić information content (AvgIpc) is 1.80. The van der Waals surface area contributed by atoms with Crippen molar-refractivity contribution in [1.82, 2.24) is 9.94 Å². The molecule has 1 rings (SSSR count). The third-order valence-corrected chi connectivity index (χ3v) is 0.968. The molecule has 0 amide bonds. The molecule has 0 unspecified atom stereocenters. The first kappa shape index (κ1) is 5.81. The van der Waals surface area contributed by atoms with E-state index in [0.717, 1.165) is 0 Å². The Hall–Kier alpha value is -1.32. The van der Waals surface area contributed by atoms with Crippen molar-refractivity contribution in [2.75, 3.05) is 0 Å². The number of nitrogens with zero attached hydrogens (tertiary/aromatic N) is 2. The van der Waals surface area contributed by atoms with Crippen molar-refractivity contribution >= 4 is 0 Å². The highest BCUT2D eigenvalue weighted by atomic mass is 16.5. The fraction of sp³-hybridized carbons (Fsp3) is 0.200. The Morgan fingerprint density at radius 1 is 1.78 bits per heavy atom. The molecule has 0 aliphatic rings. The van der Waals surface area contributed by atoms with E-state index in [1.165, 1.54) is 19.2 Å². The predicted octanol–water partition coefficient (Wildman–Crippen LogP) is -0.211. The Balaban J connectivity index is 3.34. The summed E-state index contributed by atoms with van der Waals surface area (Å²) in [7, 11) is 0. The van der Waals surface area contributed by atoms with E-state index in [4.69, 9.17) is 5.21 Å². The summed E-state index contributed by atoms with van der Waals surface area (Å²) in [5.41, 5.74) is 0.125. The van der Waals surface area contributed by atoms with Gasteiger partial charge in [-0.3, -0.25) is 4.79 Å². The Morgan fingerprint density at radius 3 is 2.89 bits per heavy atom. The third kappa shape index (κ3) is 1.07. The molecule has 0 aromatic carbocycles. The highest BCUT2D eigenvalue weighted by Crippen LogP contribution is 1.76. The van der Waals surface area contributed by atoms with Crippen LogP contribution in [0.1, 0.15) is 5.69 Å². The first-order chi connectivity index (χ1) is 4.20. The fourth-order valence-corrected chi connectivity index (χ4v) is 0.491. The molecule has 0 saturated carbocycles. The van der Waals surface area contributed by atoms with Crippen LogP contribution in [0.4, 0.5) is 0 Å². The zero-order chi connectivity index (χ0) is 6.85. The zero-order valence-electron chi connectivity index (χ0n) is 4.90. The minimum absolute atomic E-state index is 0.166. The number of hydrogen-bond acceptors (Lipinski definition) is 3. The quantitative estimate of drug-likeness (QED) is 0.489. The summed E-state index contributed by atoms with van der Waals surface area (Å²) in [6, 6.07) is 1.25. The molecule has 48 valence electrons. The van der Waals surface area contributed by atoms with Crippen molar-refractivity contribution < 1.29 is 5.21 Å². The Morgan fingerprint density at radius 2 is 2.44 bits per heavy atom.